The number of hydrogen-bond acceptors (Lipinski definition) is 3. The minimum atomic E-state index is -0.855. The summed E-state index contributed by atoms with van der Waals surface area (Å²) in [6.07, 6.45) is 3.15. The molecule has 0 saturated heterocycles. The fraction of sp³-hybridized carbons (Fsp3) is 0.357. The summed E-state index contributed by atoms with van der Waals surface area (Å²) in [7, 11) is 0. The van der Waals surface area contributed by atoms with Crippen LogP contribution >= 0.6 is 0 Å². The molecule has 1 saturated carbocycles. The standard InChI is InChI=1S/C28H29F3O3/c1-2-33-23-12-9-21(26(29)15-23)17-34-22-10-7-20(8-11-22)25-14-13-24(27(30)28(25)31)19-5-3-18(16-32)4-6-19/h7-15,18-19,32H,2-6,16-17H2,1H3. The lowest BCUT2D eigenvalue weighted by atomic mass is 9.78. The van der Waals surface area contributed by atoms with Gasteiger partial charge in [0.25, 0.3) is 0 Å². The number of rotatable bonds is 8. The van der Waals surface area contributed by atoms with E-state index in [0.29, 0.717) is 34.8 Å². The Morgan fingerprint density at radius 3 is 2.18 bits per heavy atom. The first-order valence-corrected chi connectivity index (χ1v) is 11.7. The number of aliphatic hydroxyl groups excluding tert-OH is 1. The molecule has 6 heteroatoms. The molecule has 3 aromatic carbocycles. The molecule has 0 amide bonds. The van der Waals surface area contributed by atoms with Crippen LogP contribution in [0.2, 0.25) is 0 Å². The molecule has 1 aliphatic carbocycles. The van der Waals surface area contributed by atoms with Crippen LogP contribution in [-0.2, 0) is 6.61 Å². The molecule has 0 heterocycles. The number of ether oxygens (including phenoxy) is 2. The van der Waals surface area contributed by atoms with E-state index in [-0.39, 0.29) is 30.6 Å². The van der Waals surface area contributed by atoms with E-state index < -0.39 is 17.5 Å². The Morgan fingerprint density at radius 1 is 0.824 bits per heavy atom. The third kappa shape index (κ3) is 5.39. The molecule has 180 valence electrons. The van der Waals surface area contributed by atoms with Gasteiger partial charge >= 0.3 is 0 Å². The number of halogens is 3. The average Bonchev–Trinajstić information content (AvgIpc) is 2.86. The van der Waals surface area contributed by atoms with Gasteiger partial charge in [0.1, 0.15) is 23.9 Å². The largest absolute Gasteiger partial charge is 0.494 e. The highest BCUT2D eigenvalue weighted by atomic mass is 19.2. The van der Waals surface area contributed by atoms with Crippen LogP contribution in [0.25, 0.3) is 11.1 Å². The lowest BCUT2D eigenvalue weighted by Gasteiger charge is -2.28. The summed E-state index contributed by atoms with van der Waals surface area (Å²) in [5.74, 6) is -0.866. The summed E-state index contributed by atoms with van der Waals surface area (Å²) in [5, 5.41) is 9.30. The molecule has 3 nitrogen and oxygen atoms in total. The molecule has 3 aromatic rings. The Kier molecular flexibility index (Phi) is 7.78. The molecule has 1 aliphatic rings. The van der Waals surface area contributed by atoms with E-state index in [2.05, 4.69) is 0 Å². The van der Waals surface area contributed by atoms with E-state index in [1.807, 2.05) is 6.92 Å². The Bertz CT molecular complexity index is 1110. The summed E-state index contributed by atoms with van der Waals surface area (Å²) in [4.78, 5) is 0. The molecule has 0 aromatic heterocycles. The van der Waals surface area contributed by atoms with Crippen LogP contribution in [0.5, 0.6) is 11.5 Å². The van der Waals surface area contributed by atoms with Crippen molar-refractivity contribution in [1.29, 1.82) is 0 Å². The molecule has 1 N–H and O–H groups in total. The van der Waals surface area contributed by atoms with Crippen molar-refractivity contribution in [2.75, 3.05) is 13.2 Å². The maximum absolute atomic E-state index is 14.9. The van der Waals surface area contributed by atoms with Crippen LogP contribution in [0.15, 0.2) is 54.6 Å². The Labute approximate surface area is 198 Å². The van der Waals surface area contributed by atoms with Crippen LogP contribution in [0.4, 0.5) is 13.2 Å². The summed E-state index contributed by atoms with van der Waals surface area (Å²) < 4.78 is 55.0. The molecule has 4 rings (SSSR count). The number of aliphatic hydroxyl groups is 1. The first-order valence-electron chi connectivity index (χ1n) is 11.7. The second-order valence-electron chi connectivity index (χ2n) is 8.73. The van der Waals surface area contributed by atoms with Gasteiger partial charge in [0.2, 0.25) is 0 Å². The second kappa shape index (κ2) is 11.0. The first kappa shape index (κ1) is 24.1. The minimum Gasteiger partial charge on any atom is -0.494 e. The maximum Gasteiger partial charge on any atom is 0.166 e. The minimum absolute atomic E-state index is 0.0230. The van der Waals surface area contributed by atoms with Gasteiger partial charge < -0.3 is 14.6 Å². The summed E-state index contributed by atoms with van der Waals surface area (Å²) in [5.41, 5.74) is 1.53. The van der Waals surface area contributed by atoms with Crippen molar-refractivity contribution < 1.29 is 27.8 Å². The molecular formula is C28H29F3O3. The predicted molar refractivity (Wildman–Crippen MR) is 125 cm³/mol. The molecule has 0 bridgehead atoms. The Hall–Kier alpha value is -2.99. The van der Waals surface area contributed by atoms with E-state index in [9.17, 15) is 18.3 Å². The summed E-state index contributed by atoms with van der Waals surface area (Å²) >= 11 is 0. The molecule has 0 radical (unpaired) electrons. The van der Waals surface area contributed by atoms with Gasteiger partial charge in [-0.2, -0.15) is 0 Å². The lowest BCUT2D eigenvalue weighted by Crippen LogP contribution is -2.17. The van der Waals surface area contributed by atoms with Crippen LogP contribution < -0.4 is 9.47 Å². The average molecular weight is 471 g/mol. The van der Waals surface area contributed by atoms with Crippen molar-refractivity contribution in [2.45, 2.75) is 45.1 Å². The van der Waals surface area contributed by atoms with Crippen LogP contribution in [0, 0.1) is 23.4 Å². The third-order valence-electron chi connectivity index (χ3n) is 6.55. The van der Waals surface area contributed by atoms with E-state index in [1.165, 1.54) is 6.07 Å². The van der Waals surface area contributed by atoms with Crippen molar-refractivity contribution in [3.05, 3.63) is 83.2 Å². The zero-order chi connectivity index (χ0) is 24.1. The topological polar surface area (TPSA) is 38.7 Å². The summed E-state index contributed by atoms with van der Waals surface area (Å²) in [6.45, 7) is 2.48. The normalized spacial score (nSPS) is 18.0. The highest BCUT2D eigenvalue weighted by Crippen LogP contribution is 2.39. The van der Waals surface area contributed by atoms with Gasteiger partial charge in [-0.25, -0.2) is 13.2 Å². The highest BCUT2D eigenvalue weighted by Gasteiger charge is 2.26. The monoisotopic (exact) mass is 470 g/mol. The zero-order valence-corrected chi connectivity index (χ0v) is 19.2. The van der Waals surface area contributed by atoms with Crippen molar-refractivity contribution in [3.63, 3.8) is 0 Å². The number of benzene rings is 3. The van der Waals surface area contributed by atoms with Gasteiger partial charge in [0.05, 0.1) is 6.61 Å². The quantitative estimate of drug-likeness (QED) is 0.385. The number of hydrogen-bond donors (Lipinski definition) is 1. The molecule has 1 fully saturated rings. The highest BCUT2D eigenvalue weighted by molar-refractivity contribution is 5.65. The SMILES string of the molecule is CCOc1ccc(COc2ccc(-c3ccc(C4CCC(CO)CC4)c(F)c3F)cc2)c(F)c1. The Balaban J connectivity index is 1.43. The van der Waals surface area contributed by atoms with E-state index in [1.54, 1.807) is 48.5 Å². The van der Waals surface area contributed by atoms with Crippen LogP contribution in [0.3, 0.4) is 0 Å². The van der Waals surface area contributed by atoms with Gasteiger partial charge in [0, 0.05) is 23.8 Å². The lowest BCUT2D eigenvalue weighted by molar-refractivity contribution is 0.181. The van der Waals surface area contributed by atoms with Gasteiger partial charge in [-0.15, -0.1) is 0 Å². The van der Waals surface area contributed by atoms with Gasteiger partial charge in [-0.3, -0.25) is 0 Å². The fourth-order valence-corrected chi connectivity index (χ4v) is 4.55. The van der Waals surface area contributed by atoms with Crippen LogP contribution in [-0.4, -0.2) is 18.3 Å². The van der Waals surface area contributed by atoms with E-state index in [4.69, 9.17) is 9.47 Å². The smallest absolute Gasteiger partial charge is 0.166 e. The van der Waals surface area contributed by atoms with Crippen molar-refractivity contribution in [1.82, 2.24) is 0 Å². The third-order valence-corrected chi connectivity index (χ3v) is 6.55. The predicted octanol–water partition coefficient (Wildman–Crippen LogP) is 7.01. The second-order valence-corrected chi connectivity index (χ2v) is 8.73. The summed E-state index contributed by atoms with van der Waals surface area (Å²) in [6, 6.07) is 14.6. The first-order chi connectivity index (χ1) is 16.5. The zero-order valence-electron chi connectivity index (χ0n) is 19.2. The van der Waals surface area contributed by atoms with Crippen LogP contribution in [0.1, 0.15) is 49.7 Å². The van der Waals surface area contributed by atoms with Gasteiger partial charge in [-0.1, -0.05) is 24.3 Å². The molecule has 0 aliphatic heterocycles. The Morgan fingerprint density at radius 2 is 1.53 bits per heavy atom. The molecule has 0 atom stereocenters. The molecule has 34 heavy (non-hydrogen) atoms. The van der Waals surface area contributed by atoms with Gasteiger partial charge in [-0.05, 0) is 79.8 Å². The van der Waals surface area contributed by atoms with E-state index in [0.717, 1.165) is 25.7 Å². The maximum atomic E-state index is 14.9. The van der Waals surface area contributed by atoms with E-state index >= 15 is 0 Å². The molecule has 0 spiro atoms. The molecule has 0 unspecified atom stereocenters. The van der Waals surface area contributed by atoms with Crippen molar-refractivity contribution in [3.8, 4) is 22.6 Å². The van der Waals surface area contributed by atoms with Crippen molar-refractivity contribution in [2.24, 2.45) is 5.92 Å². The van der Waals surface area contributed by atoms with Crippen molar-refractivity contribution >= 4 is 0 Å². The fourth-order valence-electron chi connectivity index (χ4n) is 4.55. The van der Waals surface area contributed by atoms with Gasteiger partial charge in [0.15, 0.2) is 11.6 Å². The molecular weight excluding hydrogens is 441 g/mol.